The molecule has 0 fully saturated rings. The molecule has 0 aliphatic heterocycles. The van der Waals surface area contributed by atoms with Gasteiger partial charge in [-0.25, -0.2) is 0 Å². The second kappa shape index (κ2) is 67.7. The van der Waals surface area contributed by atoms with Gasteiger partial charge in [0, 0.05) is 21.3 Å². The number of hydrogen-bond acceptors (Lipinski definition) is 20. The van der Waals surface area contributed by atoms with Gasteiger partial charge in [0.15, 0.2) is 0 Å². The molecule has 0 radical (unpaired) electrons. The Hall–Kier alpha value is -5.42. The lowest BCUT2D eigenvalue weighted by molar-refractivity contribution is -0.160. The van der Waals surface area contributed by atoms with Gasteiger partial charge in [0.1, 0.15) is 36.6 Å². The molecule has 7 unspecified atom stereocenters. The van der Waals surface area contributed by atoms with Crippen molar-refractivity contribution in [1.29, 1.82) is 0 Å². The van der Waals surface area contributed by atoms with Crippen LogP contribution >= 0.6 is 0 Å². The lowest BCUT2D eigenvalue weighted by Crippen LogP contribution is -2.27. The first kappa shape index (κ1) is 117. The maximum Gasteiger partial charge on any atom is 0.309 e. The Labute approximate surface area is 615 Å². The van der Waals surface area contributed by atoms with Crippen LogP contribution in [-0.2, 0) is 95.3 Å². The number of rotatable bonds is 32. The summed E-state index contributed by atoms with van der Waals surface area (Å²) in [5, 5.41) is 25.3. The summed E-state index contributed by atoms with van der Waals surface area (Å²) in [4.78, 5) is 108. The zero-order valence-corrected chi connectivity index (χ0v) is 71.0. The van der Waals surface area contributed by atoms with Crippen molar-refractivity contribution < 1.29 is 111 Å². The van der Waals surface area contributed by atoms with Crippen LogP contribution in [0.2, 0.25) is 0 Å². The van der Waals surface area contributed by atoms with E-state index in [4.69, 9.17) is 62.7 Å². The van der Waals surface area contributed by atoms with E-state index < -0.39 is 34.2 Å². The molecule has 0 heterocycles. The Kier molecular flexibility index (Phi) is 78.3. The summed E-state index contributed by atoms with van der Waals surface area (Å²) < 4.78 is 49.2. The first-order chi connectivity index (χ1) is 46.0. The molecule has 0 spiro atoms. The van der Waals surface area contributed by atoms with E-state index >= 15 is 0 Å². The van der Waals surface area contributed by atoms with Gasteiger partial charge in [-0.1, -0.05) is 131 Å². The van der Waals surface area contributed by atoms with Crippen LogP contribution in [0.3, 0.4) is 0 Å². The van der Waals surface area contributed by atoms with Crippen LogP contribution in [0.25, 0.3) is 0 Å². The summed E-state index contributed by atoms with van der Waals surface area (Å²) in [5.41, 5.74) is -2.67. The number of methoxy groups -OCH3 is 3. The Balaban J connectivity index is -0.000000114. The average Bonchev–Trinajstić information content (AvgIpc) is 1.32. The van der Waals surface area contributed by atoms with Gasteiger partial charge >= 0.3 is 59.7 Å². The SMILES string of the molecule is CCC(C)(C)C(=O)O.CCC(C)(C)C(=O)O.CCC(C)(C)C(=O)O.CCC(C)C(=O)OC(C)(C)C.CCC(C)C(=O)OC(C)(C)C.CCC(C)C(=O)OC(C)(C)C.CCC(C)C(=O)OCCOC.CCC(C)C(=O)OCCOC.CCC(C)C(=O)OCCOC.CCCCOC(=O)C(C)CC. The third kappa shape index (κ3) is 83.4. The van der Waals surface area contributed by atoms with Crippen molar-refractivity contribution in [2.75, 3.05) is 67.6 Å². The summed E-state index contributed by atoms with van der Waals surface area (Å²) in [6, 6.07) is 0. The quantitative estimate of drug-likeness (QED) is 0.0320. The van der Waals surface area contributed by atoms with Crippen LogP contribution in [-0.4, -0.2) is 159 Å². The van der Waals surface area contributed by atoms with Crippen molar-refractivity contribution in [2.45, 2.75) is 322 Å². The highest BCUT2D eigenvalue weighted by Crippen LogP contribution is 2.21. The fourth-order valence-corrected chi connectivity index (χ4v) is 4.39. The predicted molar refractivity (Wildman–Crippen MR) is 403 cm³/mol. The van der Waals surface area contributed by atoms with E-state index in [-0.39, 0.29) is 100 Å². The van der Waals surface area contributed by atoms with Gasteiger partial charge in [0.2, 0.25) is 0 Å². The number of unbranched alkanes of at least 4 members (excludes halogenated alkanes) is 1. The molecular weight excluding hydrogens is 1300 g/mol. The van der Waals surface area contributed by atoms with Crippen molar-refractivity contribution in [3.05, 3.63) is 0 Å². The van der Waals surface area contributed by atoms with E-state index in [9.17, 15) is 47.9 Å². The third-order valence-corrected chi connectivity index (χ3v) is 15.0. The molecule has 23 nitrogen and oxygen atoms in total. The third-order valence-electron chi connectivity index (χ3n) is 15.0. The van der Waals surface area contributed by atoms with Gasteiger partial charge in [-0.2, -0.15) is 0 Å². The van der Waals surface area contributed by atoms with Gasteiger partial charge in [-0.3, -0.25) is 47.9 Å². The molecule has 0 saturated heterocycles. The van der Waals surface area contributed by atoms with E-state index in [0.29, 0.717) is 65.5 Å². The Bertz CT molecular complexity index is 1840. The zero-order valence-electron chi connectivity index (χ0n) is 71.0. The number of hydrogen-bond donors (Lipinski definition) is 3. The first-order valence-electron chi connectivity index (χ1n) is 36.5. The van der Waals surface area contributed by atoms with Crippen LogP contribution in [0.15, 0.2) is 0 Å². The normalized spacial score (nSPS) is 12.9. The molecule has 0 aromatic heterocycles. The van der Waals surface area contributed by atoms with E-state index in [1.54, 1.807) is 62.9 Å². The maximum atomic E-state index is 11.2. The predicted octanol–water partition coefficient (Wildman–Crippen LogP) is 17.7. The summed E-state index contributed by atoms with van der Waals surface area (Å²) >= 11 is 0. The molecule has 101 heavy (non-hydrogen) atoms. The lowest BCUT2D eigenvalue weighted by atomic mass is 9.91. The Morgan fingerprint density at radius 3 is 0.535 bits per heavy atom. The molecule has 0 aromatic rings. The molecule has 606 valence electrons. The second-order valence-corrected chi connectivity index (χ2v) is 29.4. The Morgan fingerprint density at radius 1 is 0.267 bits per heavy atom. The molecular formula is C78H156O23. The molecule has 0 aliphatic carbocycles. The molecule has 0 aliphatic rings. The van der Waals surface area contributed by atoms with E-state index in [1.165, 1.54) is 0 Å². The highest BCUT2D eigenvalue weighted by Gasteiger charge is 2.27. The average molecular weight is 1460 g/mol. The van der Waals surface area contributed by atoms with Crippen molar-refractivity contribution in [3.8, 4) is 0 Å². The number of carbonyl (C=O) groups is 10. The summed E-state index contributed by atoms with van der Waals surface area (Å²) in [6.45, 7) is 65.0. The van der Waals surface area contributed by atoms with Crippen molar-refractivity contribution in [1.82, 2.24) is 0 Å². The number of ether oxygens (including phenoxy) is 10. The van der Waals surface area contributed by atoms with Crippen molar-refractivity contribution in [3.63, 3.8) is 0 Å². The van der Waals surface area contributed by atoms with E-state index in [1.807, 2.05) is 180 Å². The van der Waals surface area contributed by atoms with Gasteiger partial charge in [-0.15, -0.1) is 0 Å². The number of carbonyl (C=O) groups excluding carboxylic acids is 7. The molecule has 0 rings (SSSR count). The molecule has 7 atom stereocenters. The monoisotopic (exact) mass is 1460 g/mol. The van der Waals surface area contributed by atoms with Crippen molar-refractivity contribution in [2.24, 2.45) is 57.7 Å². The number of carboxylic acid groups (broad SMARTS) is 3. The summed E-state index contributed by atoms with van der Waals surface area (Å²) in [6.07, 6.45) is 9.97. The number of esters is 7. The summed E-state index contributed by atoms with van der Waals surface area (Å²) in [7, 11) is 4.74. The van der Waals surface area contributed by atoms with Gasteiger partial charge in [0.25, 0.3) is 0 Å². The molecule has 0 saturated carbocycles. The minimum atomic E-state index is -0.722. The highest BCUT2D eigenvalue weighted by molar-refractivity contribution is 5.76. The minimum absolute atomic E-state index is 0.00635. The van der Waals surface area contributed by atoms with E-state index in [0.717, 1.165) is 57.8 Å². The van der Waals surface area contributed by atoms with Crippen LogP contribution in [0, 0.1) is 57.7 Å². The summed E-state index contributed by atoms with van der Waals surface area (Å²) in [5.74, 6) is -2.77. The lowest BCUT2D eigenvalue weighted by Gasteiger charge is -2.21. The fraction of sp³-hybridized carbons (Fsp3) is 0.872. The standard InChI is InChI=1S/4C9H18O2.3C8H16O3.3C6H12O2/c3*1-6-7(2)8(10)11-9(3,4)5;1-4-6-7-11-9(10)8(3)5-2;3*1-4-7(2)8(9)11-6-5-10-3;3*1-4-6(2,3)5(7)8/h3*7H,6H2,1-5H3;8H,4-7H2,1-3H3;3*7H,4-6H2,1-3H3;3*4H2,1-3H3,(H,7,8). The highest BCUT2D eigenvalue weighted by atomic mass is 16.6. The zero-order chi connectivity index (χ0) is 82.3. The largest absolute Gasteiger partial charge is 0.481 e. The minimum Gasteiger partial charge on any atom is -0.481 e. The van der Waals surface area contributed by atoms with Gasteiger partial charge in [-0.05, 0) is 174 Å². The smallest absolute Gasteiger partial charge is 0.309 e. The fourth-order valence-electron chi connectivity index (χ4n) is 4.39. The topological polar surface area (TPSA) is 324 Å². The number of aliphatic carboxylic acids is 3. The van der Waals surface area contributed by atoms with Gasteiger partial charge < -0.3 is 62.7 Å². The molecule has 0 bridgehead atoms. The van der Waals surface area contributed by atoms with E-state index in [2.05, 4.69) is 6.92 Å². The van der Waals surface area contributed by atoms with Gasteiger partial charge in [0.05, 0.1) is 84.1 Å². The second-order valence-electron chi connectivity index (χ2n) is 29.4. The number of carboxylic acids is 3. The first-order valence-corrected chi connectivity index (χ1v) is 36.5. The molecule has 0 amide bonds. The molecule has 3 N–H and O–H groups in total. The Morgan fingerprint density at radius 2 is 0.426 bits per heavy atom. The van der Waals surface area contributed by atoms with Crippen LogP contribution in [0.5, 0.6) is 0 Å². The maximum absolute atomic E-state index is 11.2. The molecule has 0 aromatic carbocycles. The van der Waals surface area contributed by atoms with Crippen LogP contribution in [0.4, 0.5) is 0 Å². The van der Waals surface area contributed by atoms with Crippen molar-refractivity contribution >= 4 is 59.7 Å². The van der Waals surface area contributed by atoms with Crippen LogP contribution in [0.1, 0.15) is 306 Å². The molecule has 23 heteroatoms. The van der Waals surface area contributed by atoms with Crippen LogP contribution < -0.4 is 0 Å².